The topological polar surface area (TPSA) is 17.3 Å². The summed E-state index contributed by atoms with van der Waals surface area (Å²) in [6.45, 7) is 2.09. The van der Waals surface area contributed by atoms with Crippen molar-refractivity contribution in [1.29, 1.82) is 0 Å². The molecule has 0 N–H and O–H groups in total. The van der Waals surface area contributed by atoms with Crippen LogP contribution in [0.3, 0.4) is 0 Å². The quantitative estimate of drug-likeness (QED) is 0.522. The third kappa shape index (κ3) is 0.940. The van der Waals surface area contributed by atoms with Crippen LogP contribution in [0.15, 0.2) is 42.6 Å². The molecule has 0 bridgehead atoms. The zero-order valence-electron chi connectivity index (χ0n) is 7.94. The molecule has 68 valence electrons. The molecule has 2 heterocycles. The molecule has 0 spiro atoms. The first-order valence-corrected chi connectivity index (χ1v) is 4.68. The Hall–Kier alpha value is -1.83. The van der Waals surface area contributed by atoms with Gasteiger partial charge in [-0.25, -0.2) is 4.98 Å². The smallest absolute Gasteiger partial charge is 0.137 e. The Morgan fingerprint density at radius 3 is 3.00 bits per heavy atom. The van der Waals surface area contributed by atoms with E-state index >= 15 is 0 Å². The van der Waals surface area contributed by atoms with Gasteiger partial charge in [0.2, 0.25) is 0 Å². The number of fused-ring (bicyclic) bond motifs is 3. The van der Waals surface area contributed by atoms with E-state index in [-0.39, 0.29) is 0 Å². The van der Waals surface area contributed by atoms with Gasteiger partial charge in [0.1, 0.15) is 5.65 Å². The molecule has 3 aromatic rings. The summed E-state index contributed by atoms with van der Waals surface area (Å²) >= 11 is 0. The van der Waals surface area contributed by atoms with Gasteiger partial charge in [-0.05, 0) is 36.8 Å². The molecule has 0 unspecified atom stereocenters. The van der Waals surface area contributed by atoms with Crippen LogP contribution in [-0.2, 0) is 0 Å². The van der Waals surface area contributed by atoms with Crippen molar-refractivity contribution in [3.8, 4) is 0 Å². The van der Waals surface area contributed by atoms with E-state index in [0.29, 0.717) is 0 Å². The lowest BCUT2D eigenvalue weighted by Gasteiger charge is -1.94. The normalized spacial score (nSPS) is 11.2. The Labute approximate surface area is 81.8 Å². The van der Waals surface area contributed by atoms with Crippen molar-refractivity contribution in [3.05, 3.63) is 48.2 Å². The number of aryl methyl sites for hydroxylation is 1. The van der Waals surface area contributed by atoms with Crippen LogP contribution >= 0.6 is 0 Å². The number of hydrogen-bond donors (Lipinski definition) is 0. The maximum absolute atomic E-state index is 4.54. The highest BCUT2D eigenvalue weighted by molar-refractivity contribution is 5.80. The van der Waals surface area contributed by atoms with Crippen LogP contribution in [0.25, 0.3) is 16.7 Å². The zero-order chi connectivity index (χ0) is 9.54. The second kappa shape index (κ2) is 2.58. The highest BCUT2D eigenvalue weighted by Gasteiger charge is 2.01. The SMILES string of the molecule is Cc1ccc2c(c1)nc1ccccn12. The lowest BCUT2D eigenvalue weighted by molar-refractivity contribution is 1.23. The van der Waals surface area contributed by atoms with E-state index < -0.39 is 0 Å². The molecule has 0 aliphatic rings. The lowest BCUT2D eigenvalue weighted by Crippen LogP contribution is -1.81. The van der Waals surface area contributed by atoms with Crippen LogP contribution < -0.4 is 0 Å². The highest BCUT2D eigenvalue weighted by atomic mass is 15.0. The van der Waals surface area contributed by atoms with E-state index in [1.54, 1.807) is 0 Å². The fourth-order valence-electron chi connectivity index (χ4n) is 1.78. The van der Waals surface area contributed by atoms with Crippen LogP contribution in [0.5, 0.6) is 0 Å². The predicted molar refractivity (Wildman–Crippen MR) is 57.4 cm³/mol. The van der Waals surface area contributed by atoms with Gasteiger partial charge in [0.05, 0.1) is 11.0 Å². The molecule has 1 aromatic carbocycles. The van der Waals surface area contributed by atoms with Crippen molar-refractivity contribution in [2.24, 2.45) is 0 Å². The van der Waals surface area contributed by atoms with Crippen LogP contribution in [0, 0.1) is 6.92 Å². The molecule has 0 radical (unpaired) electrons. The number of rotatable bonds is 0. The number of hydrogen-bond acceptors (Lipinski definition) is 1. The molecule has 0 atom stereocenters. The predicted octanol–water partition coefficient (Wildman–Crippen LogP) is 2.80. The third-order valence-electron chi connectivity index (χ3n) is 2.46. The number of aromatic nitrogens is 2. The van der Waals surface area contributed by atoms with E-state index in [2.05, 4.69) is 34.5 Å². The van der Waals surface area contributed by atoms with Gasteiger partial charge in [0.25, 0.3) is 0 Å². The van der Waals surface area contributed by atoms with Crippen LogP contribution in [0.2, 0.25) is 0 Å². The number of pyridine rings is 1. The highest BCUT2D eigenvalue weighted by Crippen LogP contribution is 2.17. The molecule has 0 fully saturated rings. The molecular formula is C12H10N2. The molecule has 0 saturated heterocycles. The standard InChI is InChI=1S/C12H10N2/c1-9-5-6-11-10(8-9)13-12-4-2-3-7-14(11)12/h2-8H,1H3. The molecular weight excluding hydrogens is 172 g/mol. The summed E-state index contributed by atoms with van der Waals surface area (Å²) in [5, 5.41) is 0. The van der Waals surface area contributed by atoms with Gasteiger partial charge in [-0.15, -0.1) is 0 Å². The van der Waals surface area contributed by atoms with Crippen molar-refractivity contribution < 1.29 is 0 Å². The average molecular weight is 182 g/mol. The fraction of sp³-hybridized carbons (Fsp3) is 0.0833. The van der Waals surface area contributed by atoms with E-state index in [4.69, 9.17) is 0 Å². The van der Waals surface area contributed by atoms with Crippen LogP contribution in [0.1, 0.15) is 5.56 Å². The summed E-state index contributed by atoms with van der Waals surface area (Å²) < 4.78 is 2.11. The van der Waals surface area contributed by atoms with Gasteiger partial charge in [-0.2, -0.15) is 0 Å². The average Bonchev–Trinajstić information content (AvgIpc) is 2.54. The van der Waals surface area contributed by atoms with E-state index in [9.17, 15) is 0 Å². The monoisotopic (exact) mass is 182 g/mol. The van der Waals surface area contributed by atoms with E-state index in [1.165, 1.54) is 11.1 Å². The van der Waals surface area contributed by atoms with Gasteiger partial charge in [-0.3, -0.25) is 4.40 Å². The molecule has 14 heavy (non-hydrogen) atoms. The minimum Gasteiger partial charge on any atom is -0.300 e. The van der Waals surface area contributed by atoms with Gasteiger partial charge < -0.3 is 0 Å². The summed E-state index contributed by atoms with van der Waals surface area (Å²) in [5.74, 6) is 0. The van der Waals surface area contributed by atoms with E-state index in [1.807, 2.05) is 24.4 Å². The molecule has 0 aliphatic heterocycles. The number of benzene rings is 1. The first-order valence-electron chi connectivity index (χ1n) is 4.68. The molecule has 0 amide bonds. The van der Waals surface area contributed by atoms with Gasteiger partial charge in [0.15, 0.2) is 0 Å². The Bertz CT molecular complexity index is 608. The second-order valence-electron chi connectivity index (χ2n) is 3.53. The largest absolute Gasteiger partial charge is 0.300 e. The van der Waals surface area contributed by atoms with Crippen molar-refractivity contribution in [2.75, 3.05) is 0 Å². The maximum Gasteiger partial charge on any atom is 0.137 e. The summed E-state index contributed by atoms with van der Waals surface area (Å²) in [6, 6.07) is 12.4. The van der Waals surface area contributed by atoms with Gasteiger partial charge in [0, 0.05) is 6.20 Å². The maximum atomic E-state index is 4.54. The Morgan fingerprint density at radius 1 is 1.14 bits per heavy atom. The Morgan fingerprint density at radius 2 is 2.07 bits per heavy atom. The minimum atomic E-state index is 1.01. The summed E-state index contributed by atoms with van der Waals surface area (Å²) in [7, 11) is 0. The molecule has 0 saturated carbocycles. The summed E-state index contributed by atoms with van der Waals surface area (Å²) in [5.41, 5.74) is 4.50. The molecule has 2 nitrogen and oxygen atoms in total. The lowest BCUT2D eigenvalue weighted by atomic mass is 10.2. The van der Waals surface area contributed by atoms with Gasteiger partial charge in [-0.1, -0.05) is 12.1 Å². The first-order chi connectivity index (χ1) is 6.84. The summed E-state index contributed by atoms with van der Waals surface area (Å²) in [4.78, 5) is 4.54. The first kappa shape index (κ1) is 7.56. The minimum absolute atomic E-state index is 1.01. The fourth-order valence-corrected chi connectivity index (χ4v) is 1.78. The van der Waals surface area contributed by atoms with E-state index in [0.717, 1.165) is 11.2 Å². The van der Waals surface area contributed by atoms with Gasteiger partial charge >= 0.3 is 0 Å². The van der Waals surface area contributed by atoms with Crippen molar-refractivity contribution in [3.63, 3.8) is 0 Å². The van der Waals surface area contributed by atoms with Crippen molar-refractivity contribution in [2.45, 2.75) is 6.92 Å². The molecule has 2 aromatic heterocycles. The number of imidazole rings is 1. The van der Waals surface area contributed by atoms with Crippen molar-refractivity contribution >= 4 is 16.7 Å². The molecule has 3 rings (SSSR count). The Kier molecular flexibility index (Phi) is 1.39. The molecule has 2 heteroatoms. The zero-order valence-corrected chi connectivity index (χ0v) is 7.94. The third-order valence-corrected chi connectivity index (χ3v) is 2.46. The number of nitrogens with zero attached hydrogens (tertiary/aromatic N) is 2. The van der Waals surface area contributed by atoms with Crippen molar-refractivity contribution in [1.82, 2.24) is 9.38 Å². The Balaban J connectivity index is 2.57. The van der Waals surface area contributed by atoms with Crippen LogP contribution in [-0.4, -0.2) is 9.38 Å². The molecule has 0 aliphatic carbocycles. The summed E-state index contributed by atoms with van der Waals surface area (Å²) in [6.07, 6.45) is 2.04. The van der Waals surface area contributed by atoms with Crippen LogP contribution in [0.4, 0.5) is 0 Å². The second-order valence-corrected chi connectivity index (χ2v) is 3.53.